The van der Waals surface area contributed by atoms with Gasteiger partial charge in [0.05, 0.1) is 0 Å². The first kappa shape index (κ1) is 10.9. The molecule has 0 saturated heterocycles. The Morgan fingerprint density at radius 2 is 2.11 bits per heavy atom. The number of fused-ring (bicyclic) bond motifs is 1. The molecule has 92 valence electrons. The summed E-state index contributed by atoms with van der Waals surface area (Å²) in [6.45, 7) is 4.07. The highest BCUT2D eigenvalue weighted by Crippen LogP contribution is 2.32. The van der Waals surface area contributed by atoms with E-state index in [1.165, 1.54) is 5.56 Å². The third-order valence-corrected chi connectivity index (χ3v) is 3.08. The number of nitrogen functional groups attached to an aromatic ring is 1. The Bertz CT molecular complexity index is 710. The summed E-state index contributed by atoms with van der Waals surface area (Å²) in [5.74, 6) is 1.07. The molecule has 2 heterocycles. The summed E-state index contributed by atoms with van der Waals surface area (Å²) in [5.41, 5.74) is 9.37. The average Bonchev–Trinajstić information content (AvgIpc) is 2.91. The Hall–Kier alpha value is -2.23. The van der Waals surface area contributed by atoms with Crippen LogP contribution in [0.4, 0.5) is 5.88 Å². The molecule has 2 N–H and O–H groups in total. The molecule has 0 radical (unpaired) electrons. The predicted molar refractivity (Wildman–Crippen MR) is 70.2 cm³/mol. The highest BCUT2D eigenvalue weighted by atomic mass is 16.5. The van der Waals surface area contributed by atoms with Gasteiger partial charge in [-0.3, -0.25) is 0 Å². The van der Waals surface area contributed by atoms with Crippen molar-refractivity contribution in [2.45, 2.75) is 20.3 Å². The van der Waals surface area contributed by atoms with Crippen molar-refractivity contribution in [2.75, 3.05) is 5.73 Å². The number of benzene rings is 1. The van der Waals surface area contributed by atoms with Gasteiger partial charge in [-0.25, -0.2) is 0 Å². The lowest BCUT2D eigenvalue weighted by Gasteiger charge is -1.93. The van der Waals surface area contributed by atoms with Crippen LogP contribution in [0, 0.1) is 6.92 Å². The lowest BCUT2D eigenvalue weighted by atomic mass is 10.1. The lowest BCUT2D eigenvalue weighted by Crippen LogP contribution is -1.88. The fourth-order valence-electron chi connectivity index (χ4n) is 2.14. The largest absolute Gasteiger partial charge is 0.454 e. The van der Waals surface area contributed by atoms with Crippen molar-refractivity contribution in [1.29, 1.82) is 0 Å². The Kier molecular flexibility index (Phi) is 2.37. The maximum absolute atomic E-state index is 5.79. The van der Waals surface area contributed by atoms with E-state index in [-0.39, 0.29) is 0 Å². The number of furan rings is 1. The molecule has 0 saturated carbocycles. The van der Waals surface area contributed by atoms with Crippen molar-refractivity contribution in [2.24, 2.45) is 0 Å². The number of aryl methyl sites for hydroxylation is 1. The first-order valence-electron chi connectivity index (χ1n) is 5.93. The number of aromatic nitrogens is 1. The molecule has 0 unspecified atom stereocenters. The van der Waals surface area contributed by atoms with Gasteiger partial charge in [-0.1, -0.05) is 23.7 Å². The molecule has 0 atom stereocenters. The molecule has 1 aromatic carbocycles. The van der Waals surface area contributed by atoms with Crippen LogP contribution in [-0.2, 0) is 6.42 Å². The van der Waals surface area contributed by atoms with Gasteiger partial charge < -0.3 is 14.7 Å². The van der Waals surface area contributed by atoms with Crippen molar-refractivity contribution in [3.8, 4) is 11.5 Å². The molecule has 0 aliphatic rings. The van der Waals surface area contributed by atoms with Gasteiger partial charge in [0.25, 0.3) is 0 Å². The lowest BCUT2D eigenvalue weighted by molar-refractivity contribution is 0.436. The molecular weight excluding hydrogens is 228 g/mol. The number of nitrogens with zero attached hydrogens (tertiary/aromatic N) is 1. The Morgan fingerprint density at radius 3 is 2.89 bits per heavy atom. The molecular formula is C14H14N2O2. The summed E-state index contributed by atoms with van der Waals surface area (Å²) in [6.07, 6.45) is 0.765. The molecule has 4 heteroatoms. The van der Waals surface area contributed by atoms with Crippen molar-refractivity contribution in [3.05, 3.63) is 35.4 Å². The van der Waals surface area contributed by atoms with Gasteiger partial charge in [-0.05, 0) is 31.5 Å². The third kappa shape index (κ3) is 1.57. The van der Waals surface area contributed by atoms with Crippen molar-refractivity contribution < 1.29 is 8.94 Å². The van der Waals surface area contributed by atoms with Crippen molar-refractivity contribution >= 4 is 16.9 Å². The number of rotatable bonds is 2. The van der Waals surface area contributed by atoms with Gasteiger partial charge in [0.2, 0.25) is 5.88 Å². The van der Waals surface area contributed by atoms with Gasteiger partial charge in [0.1, 0.15) is 5.58 Å². The Morgan fingerprint density at radius 1 is 1.28 bits per heavy atom. The minimum atomic E-state index is 0.365. The van der Waals surface area contributed by atoms with E-state index in [2.05, 4.69) is 18.1 Å². The minimum Gasteiger partial charge on any atom is -0.454 e. The van der Waals surface area contributed by atoms with E-state index < -0.39 is 0 Å². The fourth-order valence-corrected chi connectivity index (χ4v) is 2.14. The molecule has 2 aromatic heterocycles. The van der Waals surface area contributed by atoms with Crippen LogP contribution in [0.5, 0.6) is 0 Å². The second kappa shape index (κ2) is 3.91. The van der Waals surface area contributed by atoms with Gasteiger partial charge in [0.15, 0.2) is 11.5 Å². The van der Waals surface area contributed by atoms with E-state index in [4.69, 9.17) is 14.7 Å². The number of anilines is 1. The summed E-state index contributed by atoms with van der Waals surface area (Å²) in [7, 11) is 0. The van der Waals surface area contributed by atoms with Gasteiger partial charge in [0, 0.05) is 10.9 Å². The van der Waals surface area contributed by atoms with Gasteiger partial charge in [-0.15, -0.1) is 0 Å². The van der Waals surface area contributed by atoms with Crippen LogP contribution >= 0.6 is 0 Å². The predicted octanol–water partition coefficient (Wildman–Crippen LogP) is 3.54. The van der Waals surface area contributed by atoms with E-state index in [1.54, 1.807) is 0 Å². The SMILES string of the molecule is CCc1c(-c2cc3cc(C)ccc3o2)noc1N. The maximum atomic E-state index is 5.79. The molecule has 0 aliphatic carbocycles. The molecule has 0 amide bonds. The van der Waals surface area contributed by atoms with E-state index in [0.717, 1.165) is 23.0 Å². The Balaban J connectivity index is 2.19. The summed E-state index contributed by atoms with van der Waals surface area (Å²) in [5, 5.41) is 5.04. The molecule has 4 nitrogen and oxygen atoms in total. The van der Waals surface area contributed by atoms with Gasteiger partial charge >= 0.3 is 0 Å². The molecule has 18 heavy (non-hydrogen) atoms. The number of hydrogen-bond acceptors (Lipinski definition) is 4. The first-order valence-corrected chi connectivity index (χ1v) is 5.93. The van der Waals surface area contributed by atoms with Crippen molar-refractivity contribution in [1.82, 2.24) is 5.16 Å². The zero-order valence-corrected chi connectivity index (χ0v) is 10.4. The summed E-state index contributed by atoms with van der Waals surface area (Å²) >= 11 is 0. The molecule has 0 bridgehead atoms. The standard InChI is InChI=1S/C14H14N2O2/c1-3-10-13(16-18-14(10)15)12-7-9-6-8(2)4-5-11(9)17-12/h4-7H,3,15H2,1-2H3. The second-order valence-corrected chi connectivity index (χ2v) is 4.38. The van der Waals surface area contributed by atoms with Crippen LogP contribution in [0.1, 0.15) is 18.1 Å². The third-order valence-electron chi connectivity index (χ3n) is 3.08. The molecule has 0 spiro atoms. The van der Waals surface area contributed by atoms with E-state index in [9.17, 15) is 0 Å². The summed E-state index contributed by atoms with van der Waals surface area (Å²) in [6, 6.07) is 8.03. The smallest absolute Gasteiger partial charge is 0.226 e. The monoisotopic (exact) mass is 242 g/mol. The topological polar surface area (TPSA) is 65.2 Å². The second-order valence-electron chi connectivity index (χ2n) is 4.38. The molecule has 0 aliphatic heterocycles. The van der Waals surface area contributed by atoms with Crippen LogP contribution in [0.15, 0.2) is 33.2 Å². The van der Waals surface area contributed by atoms with Crippen LogP contribution in [-0.4, -0.2) is 5.16 Å². The van der Waals surface area contributed by atoms with Crippen LogP contribution < -0.4 is 5.73 Å². The summed E-state index contributed by atoms with van der Waals surface area (Å²) in [4.78, 5) is 0. The van der Waals surface area contributed by atoms with Gasteiger partial charge in [-0.2, -0.15) is 0 Å². The normalized spacial score (nSPS) is 11.2. The van der Waals surface area contributed by atoms with E-state index >= 15 is 0 Å². The zero-order chi connectivity index (χ0) is 12.7. The van der Waals surface area contributed by atoms with E-state index in [1.807, 2.05) is 25.1 Å². The average molecular weight is 242 g/mol. The van der Waals surface area contributed by atoms with Crippen LogP contribution in [0.3, 0.4) is 0 Å². The highest BCUT2D eigenvalue weighted by Gasteiger charge is 2.17. The fraction of sp³-hybridized carbons (Fsp3) is 0.214. The van der Waals surface area contributed by atoms with Crippen molar-refractivity contribution in [3.63, 3.8) is 0 Å². The first-order chi connectivity index (χ1) is 8.69. The molecule has 3 rings (SSSR count). The quantitative estimate of drug-likeness (QED) is 0.746. The Labute approximate surface area is 104 Å². The van der Waals surface area contributed by atoms with Crippen LogP contribution in [0.25, 0.3) is 22.4 Å². The summed E-state index contributed by atoms with van der Waals surface area (Å²) < 4.78 is 10.8. The maximum Gasteiger partial charge on any atom is 0.226 e. The minimum absolute atomic E-state index is 0.365. The zero-order valence-electron chi connectivity index (χ0n) is 10.4. The molecule has 3 aromatic rings. The highest BCUT2D eigenvalue weighted by molar-refractivity contribution is 5.83. The number of nitrogens with two attached hydrogens (primary N) is 1. The van der Waals surface area contributed by atoms with E-state index in [0.29, 0.717) is 17.3 Å². The number of hydrogen-bond donors (Lipinski definition) is 1. The van der Waals surface area contributed by atoms with Crippen LogP contribution in [0.2, 0.25) is 0 Å². The molecule has 0 fully saturated rings.